The number of nitrogens with one attached hydrogen (secondary N) is 1. The Bertz CT molecular complexity index is 598. The number of fused-ring (bicyclic) bond motifs is 1. The zero-order valence-corrected chi connectivity index (χ0v) is 14.8. The van der Waals surface area contributed by atoms with Gasteiger partial charge in [0.05, 0.1) is 12.5 Å². The van der Waals surface area contributed by atoms with E-state index in [1.54, 1.807) is 11.8 Å². The maximum absolute atomic E-state index is 12.4. The molecule has 0 saturated heterocycles. The van der Waals surface area contributed by atoms with Crippen molar-refractivity contribution in [2.75, 3.05) is 19.7 Å². The van der Waals surface area contributed by atoms with Crippen LogP contribution in [0.15, 0.2) is 24.3 Å². The first-order valence-electron chi connectivity index (χ1n) is 8.56. The number of rotatable bonds is 6. The maximum atomic E-state index is 12.4. The molecule has 2 rings (SSSR count). The normalized spacial score (nSPS) is 17.3. The van der Waals surface area contributed by atoms with Crippen LogP contribution in [0, 0.1) is 5.41 Å². The van der Waals surface area contributed by atoms with Crippen molar-refractivity contribution in [1.82, 2.24) is 10.2 Å². The molecule has 24 heavy (non-hydrogen) atoms. The number of nitrogens with zero attached hydrogens (tertiary/aromatic N) is 1. The predicted molar refractivity (Wildman–Crippen MR) is 93.4 cm³/mol. The number of carbonyl (C=O) groups excluding carboxylic acids is 2. The van der Waals surface area contributed by atoms with Crippen molar-refractivity contribution in [2.45, 2.75) is 46.1 Å². The van der Waals surface area contributed by atoms with E-state index in [4.69, 9.17) is 5.11 Å². The second kappa shape index (κ2) is 7.79. The first kappa shape index (κ1) is 18.5. The summed E-state index contributed by atoms with van der Waals surface area (Å²) in [4.78, 5) is 26.2. The van der Waals surface area contributed by atoms with Crippen molar-refractivity contribution in [1.29, 1.82) is 0 Å². The molecule has 1 aliphatic rings. The molecular formula is C19H28N2O3. The van der Waals surface area contributed by atoms with Crippen molar-refractivity contribution in [2.24, 2.45) is 5.41 Å². The number of amides is 2. The lowest BCUT2D eigenvalue weighted by atomic mass is 9.89. The Morgan fingerprint density at radius 1 is 1.33 bits per heavy atom. The van der Waals surface area contributed by atoms with Crippen molar-refractivity contribution in [3.8, 4) is 0 Å². The summed E-state index contributed by atoms with van der Waals surface area (Å²) < 4.78 is 0. The van der Waals surface area contributed by atoms with Gasteiger partial charge >= 0.3 is 0 Å². The van der Waals surface area contributed by atoms with Gasteiger partial charge < -0.3 is 15.3 Å². The third kappa shape index (κ3) is 4.57. The van der Waals surface area contributed by atoms with Crippen LogP contribution in [-0.2, 0) is 16.0 Å². The highest BCUT2D eigenvalue weighted by molar-refractivity contribution is 5.79. The van der Waals surface area contributed by atoms with E-state index in [9.17, 15) is 9.59 Å². The van der Waals surface area contributed by atoms with Gasteiger partial charge in [-0.3, -0.25) is 9.59 Å². The molecule has 5 nitrogen and oxygen atoms in total. The molecule has 2 amide bonds. The quantitative estimate of drug-likeness (QED) is 0.838. The van der Waals surface area contributed by atoms with Gasteiger partial charge in [0.25, 0.3) is 0 Å². The maximum Gasteiger partial charge on any atom is 0.222 e. The largest absolute Gasteiger partial charge is 0.396 e. The highest BCUT2D eigenvalue weighted by atomic mass is 16.3. The van der Waals surface area contributed by atoms with Gasteiger partial charge in [0, 0.05) is 26.6 Å². The molecule has 1 unspecified atom stereocenters. The summed E-state index contributed by atoms with van der Waals surface area (Å²) in [5.41, 5.74) is 2.15. The molecule has 0 saturated carbocycles. The Kier molecular flexibility index (Phi) is 5.99. The van der Waals surface area contributed by atoms with Crippen molar-refractivity contribution >= 4 is 11.8 Å². The highest BCUT2D eigenvalue weighted by Gasteiger charge is 2.31. The molecule has 2 N–H and O–H groups in total. The van der Waals surface area contributed by atoms with Gasteiger partial charge in [-0.1, -0.05) is 38.1 Å². The standard InChI is InChI=1S/C19H28N2O3/c1-14(23)21-10-8-15-6-4-5-7-16(15)17(21)12-18(24)20-13-19(2,3)9-11-22/h4-7,17,22H,8-13H2,1-3H3,(H,20,24). The lowest BCUT2D eigenvalue weighted by Gasteiger charge is -2.36. The molecule has 0 aliphatic carbocycles. The van der Waals surface area contributed by atoms with Crippen LogP contribution in [0.1, 0.15) is 50.8 Å². The third-order valence-corrected chi connectivity index (χ3v) is 4.75. The number of aliphatic hydroxyl groups excluding tert-OH is 1. The summed E-state index contributed by atoms with van der Waals surface area (Å²) in [6.45, 7) is 6.86. The molecule has 0 bridgehead atoms. The van der Waals surface area contributed by atoms with Gasteiger partial charge in [-0.25, -0.2) is 0 Å². The van der Waals surface area contributed by atoms with Gasteiger partial charge in [-0.05, 0) is 29.4 Å². The minimum Gasteiger partial charge on any atom is -0.396 e. The Hall–Kier alpha value is -1.88. The molecule has 0 aromatic heterocycles. The van der Waals surface area contributed by atoms with E-state index >= 15 is 0 Å². The molecular weight excluding hydrogens is 304 g/mol. The Morgan fingerprint density at radius 3 is 2.71 bits per heavy atom. The van der Waals surface area contributed by atoms with E-state index in [1.165, 1.54) is 5.56 Å². The van der Waals surface area contributed by atoms with Crippen LogP contribution in [0.3, 0.4) is 0 Å². The zero-order chi connectivity index (χ0) is 17.7. The lowest BCUT2D eigenvalue weighted by molar-refractivity contribution is -0.133. The lowest BCUT2D eigenvalue weighted by Crippen LogP contribution is -2.42. The molecule has 1 heterocycles. The van der Waals surface area contributed by atoms with Crippen LogP contribution in [0.4, 0.5) is 0 Å². The number of hydrogen-bond donors (Lipinski definition) is 2. The predicted octanol–water partition coefficient (Wildman–Crippen LogP) is 2.05. The van der Waals surface area contributed by atoms with Crippen LogP contribution in [-0.4, -0.2) is 41.5 Å². The van der Waals surface area contributed by atoms with Gasteiger partial charge in [0.15, 0.2) is 0 Å². The fraction of sp³-hybridized carbons (Fsp3) is 0.579. The number of benzene rings is 1. The average molecular weight is 332 g/mol. The minimum atomic E-state index is -0.201. The van der Waals surface area contributed by atoms with Gasteiger partial charge in [-0.2, -0.15) is 0 Å². The van der Waals surface area contributed by atoms with Crippen molar-refractivity contribution < 1.29 is 14.7 Å². The SMILES string of the molecule is CC(=O)N1CCc2ccccc2C1CC(=O)NCC(C)(C)CCO. The van der Waals surface area contributed by atoms with Crippen molar-refractivity contribution in [3.05, 3.63) is 35.4 Å². The molecule has 1 aromatic carbocycles. The molecule has 0 spiro atoms. The Balaban J connectivity index is 2.07. The summed E-state index contributed by atoms with van der Waals surface area (Å²) in [7, 11) is 0. The fourth-order valence-corrected chi connectivity index (χ4v) is 3.23. The van der Waals surface area contributed by atoms with Gasteiger partial charge in [-0.15, -0.1) is 0 Å². The van der Waals surface area contributed by atoms with E-state index in [-0.39, 0.29) is 36.3 Å². The van der Waals surface area contributed by atoms with E-state index in [1.807, 2.05) is 32.0 Å². The molecule has 5 heteroatoms. The van der Waals surface area contributed by atoms with E-state index in [0.29, 0.717) is 19.5 Å². The smallest absolute Gasteiger partial charge is 0.222 e. The minimum absolute atomic E-state index is 0.00270. The molecule has 132 valence electrons. The number of aliphatic hydroxyl groups is 1. The van der Waals surface area contributed by atoms with Crippen LogP contribution >= 0.6 is 0 Å². The summed E-state index contributed by atoms with van der Waals surface area (Å²) in [6, 6.07) is 7.84. The monoisotopic (exact) mass is 332 g/mol. The summed E-state index contributed by atoms with van der Waals surface area (Å²) in [6.07, 6.45) is 1.74. The molecule has 0 radical (unpaired) electrons. The first-order valence-corrected chi connectivity index (χ1v) is 8.56. The molecule has 0 fully saturated rings. The molecule has 1 aliphatic heterocycles. The zero-order valence-electron chi connectivity index (χ0n) is 14.8. The summed E-state index contributed by atoms with van der Waals surface area (Å²) >= 11 is 0. The third-order valence-electron chi connectivity index (χ3n) is 4.75. The van der Waals surface area contributed by atoms with E-state index in [2.05, 4.69) is 11.4 Å². The van der Waals surface area contributed by atoms with Crippen LogP contribution in [0.2, 0.25) is 0 Å². The van der Waals surface area contributed by atoms with Crippen LogP contribution < -0.4 is 5.32 Å². The van der Waals surface area contributed by atoms with Gasteiger partial charge in [0.1, 0.15) is 0 Å². The average Bonchev–Trinajstić information content (AvgIpc) is 2.53. The second-order valence-electron chi connectivity index (χ2n) is 7.30. The van der Waals surface area contributed by atoms with Gasteiger partial charge in [0.2, 0.25) is 11.8 Å². The Labute approximate surface area is 144 Å². The van der Waals surface area contributed by atoms with E-state index in [0.717, 1.165) is 12.0 Å². The highest BCUT2D eigenvalue weighted by Crippen LogP contribution is 2.32. The fourth-order valence-electron chi connectivity index (χ4n) is 3.23. The summed E-state index contributed by atoms with van der Waals surface area (Å²) in [5, 5.41) is 12.0. The second-order valence-corrected chi connectivity index (χ2v) is 7.30. The van der Waals surface area contributed by atoms with Crippen LogP contribution in [0.5, 0.6) is 0 Å². The molecule has 1 aromatic rings. The van der Waals surface area contributed by atoms with Crippen LogP contribution in [0.25, 0.3) is 0 Å². The number of hydrogen-bond acceptors (Lipinski definition) is 3. The Morgan fingerprint density at radius 2 is 2.04 bits per heavy atom. The first-order chi connectivity index (χ1) is 11.3. The van der Waals surface area contributed by atoms with Crippen molar-refractivity contribution in [3.63, 3.8) is 0 Å². The summed E-state index contributed by atoms with van der Waals surface area (Å²) in [5.74, 6) is -0.0584. The number of carbonyl (C=O) groups is 2. The molecule has 1 atom stereocenters. The van der Waals surface area contributed by atoms with E-state index < -0.39 is 0 Å². The topological polar surface area (TPSA) is 69.6 Å².